The Balaban J connectivity index is 1.87. The van der Waals surface area contributed by atoms with E-state index >= 15 is 0 Å². The van der Waals surface area contributed by atoms with E-state index in [4.69, 9.17) is 19.9 Å². The summed E-state index contributed by atoms with van der Waals surface area (Å²) in [6.07, 6.45) is 0.147. The Morgan fingerprint density at radius 1 is 1.36 bits per heavy atom. The van der Waals surface area contributed by atoms with Gasteiger partial charge >= 0.3 is 0 Å². The van der Waals surface area contributed by atoms with E-state index in [1.165, 1.54) is 31.4 Å². The average Bonchev–Trinajstić information content (AvgIpc) is 2.56. The molecule has 0 saturated carbocycles. The van der Waals surface area contributed by atoms with Crippen molar-refractivity contribution in [3.63, 3.8) is 0 Å². The zero-order valence-corrected chi connectivity index (χ0v) is 14.2. The van der Waals surface area contributed by atoms with Gasteiger partial charge in [-0.2, -0.15) is 0 Å². The molecule has 2 N–H and O–H groups in total. The van der Waals surface area contributed by atoms with Crippen molar-refractivity contribution in [1.82, 2.24) is 4.90 Å². The second-order valence-corrected chi connectivity index (χ2v) is 5.98. The summed E-state index contributed by atoms with van der Waals surface area (Å²) in [5, 5.41) is 0. The number of ether oxygens (including phenoxy) is 3. The number of amides is 2. The van der Waals surface area contributed by atoms with Crippen LogP contribution in [0.25, 0.3) is 0 Å². The van der Waals surface area contributed by atoms with E-state index in [0.717, 1.165) is 0 Å². The van der Waals surface area contributed by atoms with E-state index in [1.54, 1.807) is 4.90 Å². The molecule has 0 aromatic heterocycles. The van der Waals surface area contributed by atoms with Gasteiger partial charge in [0.05, 0.1) is 39.2 Å². The lowest BCUT2D eigenvalue weighted by Crippen LogP contribution is -2.57. The van der Waals surface area contributed by atoms with Crippen molar-refractivity contribution >= 4 is 11.8 Å². The molecule has 1 heterocycles. The average molecular weight is 354 g/mol. The van der Waals surface area contributed by atoms with Crippen molar-refractivity contribution in [3.05, 3.63) is 30.1 Å². The summed E-state index contributed by atoms with van der Waals surface area (Å²) in [5.41, 5.74) is 4.38. The fourth-order valence-electron chi connectivity index (χ4n) is 2.83. The van der Waals surface area contributed by atoms with Gasteiger partial charge in [0.1, 0.15) is 17.2 Å². The highest BCUT2D eigenvalue weighted by Gasteiger charge is 2.39. The number of benzene rings is 1. The molecular weight excluding hydrogens is 331 g/mol. The number of rotatable bonds is 8. The molecule has 25 heavy (non-hydrogen) atoms. The molecule has 2 rings (SSSR count). The summed E-state index contributed by atoms with van der Waals surface area (Å²) in [6.45, 7) is 1.32. The summed E-state index contributed by atoms with van der Waals surface area (Å²) in [6, 6.07) is 5.60. The number of morpholine rings is 1. The van der Waals surface area contributed by atoms with Gasteiger partial charge in [0.25, 0.3) is 0 Å². The maximum Gasteiger partial charge on any atom is 0.226 e. The molecule has 2 amide bonds. The number of methoxy groups -OCH3 is 1. The molecule has 1 aliphatic heterocycles. The first kappa shape index (κ1) is 19.1. The van der Waals surface area contributed by atoms with E-state index in [-0.39, 0.29) is 44.3 Å². The normalized spacial score (nSPS) is 20.3. The van der Waals surface area contributed by atoms with Gasteiger partial charge in [-0.25, -0.2) is 4.39 Å². The number of carbonyl (C=O) groups is 2. The highest BCUT2D eigenvalue weighted by Crippen LogP contribution is 2.23. The molecule has 0 aliphatic carbocycles. The van der Waals surface area contributed by atoms with Gasteiger partial charge < -0.3 is 24.8 Å². The maximum atomic E-state index is 12.8. The Morgan fingerprint density at radius 2 is 2.08 bits per heavy atom. The van der Waals surface area contributed by atoms with Crippen LogP contribution in [0.5, 0.6) is 5.75 Å². The van der Waals surface area contributed by atoms with E-state index in [0.29, 0.717) is 18.9 Å². The van der Waals surface area contributed by atoms with E-state index in [1.807, 2.05) is 0 Å². The number of primary amides is 1. The number of hydrogen-bond donors (Lipinski definition) is 1. The van der Waals surface area contributed by atoms with Crippen LogP contribution in [0.3, 0.4) is 0 Å². The Morgan fingerprint density at radius 3 is 2.72 bits per heavy atom. The number of hydrogen-bond acceptors (Lipinski definition) is 5. The van der Waals surface area contributed by atoms with Crippen LogP contribution < -0.4 is 10.5 Å². The Hall–Kier alpha value is -2.19. The molecule has 0 bridgehead atoms. The number of halogens is 1. The first-order chi connectivity index (χ1) is 11.9. The Bertz CT molecular complexity index is 591. The van der Waals surface area contributed by atoms with Gasteiger partial charge in [0.15, 0.2) is 0 Å². The van der Waals surface area contributed by atoms with E-state index < -0.39 is 11.5 Å². The van der Waals surface area contributed by atoms with E-state index in [2.05, 4.69) is 0 Å². The summed E-state index contributed by atoms with van der Waals surface area (Å²) in [4.78, 5) is 25.3. The fraction of sp³-hybridized carbons (Fsp3) is 0.529. The Labute approximate surface area is 145 Å². The third-order valence-corrected chi connectivity index (χ3v) is 3.90. The van der Waals surface area contributed by atoms with Crippen LogP contribution in [0.2, 0.25) is 0 Å². The molecule has 0 unspecified atom stereocenters. The highest BCUT2D eigenvalue weighted by atomic mass is 19.1. The van der Waals surface area contributed by atoms with Crippen LogP contribution in [0.4, 0.5) is 4.39 Å². The van der Waals surface area contributed by atoms with Crippen molar-refractivity contribution in [3.8, 4) is 5.75 Å². The molecule has 1 aliphatic rings. The molecule has 1 aromatic carbocycles. The summed E-state index contributed by atoms with van der Waals surface area (Å²) < 4.78 is 29.1. The van der Waals surface area contributed by atoms with Crippen LogP contribution in [0, 0.1) is 5.82 Å². The van der Waals surface area contributed by atoms with Gasteiger partial charge in [0.2, 0.25) is 11.8 Å². The molecule has 0 radical (unpaired) electrons. The molecule has 138 valence electrons. The monoisotopic (exact) mass is 354 g/mol. The minimum atomic E-state index is -0.910. The van der Waals surface area contributed by atoms with Crippen molar-refractivity contribution in [2.75, 3.05) is 40.0 Å². The lowest BCUT2D eigenvalue weighted by molar-refractivity contribution is -0.166. The second-order valence-electron chi connectivity index (χ2n) is 5.98. The largest absolute Gasteiger partial charge is 0.493 e. The quantitative estimate of drug-likeness (QED) is 0.743. The second kappa shape index (κ2) is 8.77. The SMILES string of the molecule is COC[C@]1(CC(N)=O)CN(C(=O)CCOc2ccc(F)cc2)CCO1. The minimum absolute atomic E-state index is 0.0172. The van der Waals surface area contributed by atoms with Crippen molar-refractivity contribution < 1.29 is 28.2 Å². The topological polar surface area (TPSA) is 91.1 Å². The highest BCUT2D eigenvalue weighted by molar-refractivity contribution is 5.77. The molecule has 1 atom stereocenters. The summed E-state index contributed by atoms with van der Waals surface area (Å²) in [5.74, 6) is -0.472. The predicted octanol–water partition coefficient (Wildman–Crippen LogP) is 0.714. The van der Waals surface area contributed by atoms with Crippen LogP contribution in [0.15, 0.2) is 24.3 Å². The predicted molar refractivity (Wildman–Crippen MR) is 87.5 cm³/mol. The van der Waals surface area contributed by atoms with Crippen LogP contribution in [-0.4, -0.2) is 62.3 Å². The number of nitrogens with two attached hydrogens (primary N) is 1. The first-order valence-electron chi connectivity index (χ1n) is 8.01. The van der Waals surface area contributed by atoms with Gasteiger partial charge in [-0.1, -0.05) is 0 Å². The van der Waals surface area contributed by atoms with E-state index in [9.17, 15) is 14.0 Å². The van der Waals surface area contributed by atoms with Crippen molar-refractivity contribution in [1.29, 1.82) is 0 Å². The van der Waals surface area contributed by atoms with Gasteiger partial charge in [-0.3, -0.25) is 9.59 Å². The number of carbonyl (C=O) groups excluding carboxylic acids is 2. The maximum absolute atomic E-state index is 12.8. The van der Waals surface area contributed by atoms with Gasteiger partial charge in [-0.05, 0) is 24.3 Å². The van der Waals surface area contributed by atoms with Crippen LogP contribution >= 0.6 is 0 Å². The lowest BCUT2D eigenvalue weighted by Gasteiger charge is -2.41. The summed E-state index contributed by atoms with van der Waals surface area (Å²) in [7, 11) is 1.50. The van der Waals surface area contributed by atoms with Gasteiger partial charge in [0, 0.05) is 13.7 Å². The third kappa shape index (κ3) is 5.68. The molecule has 1 saturated heterocycles. The number of nitrogens with zero attached hydrogens (tertiary/aromatic N) is 1. The van der Waals surface area contributed by atoms with Gasteiger partial charge in [-0.15, -0.1) is 0 Å². The minimum Gasteiger partial charge on any atom is -0.493 e. The fourth-order valence-corrected chi connectivity index (χ4v) is 2.83. The molecule has 7 nitrogen and oxygen atoms in total. The summed E-state index contributed by atoms with van der Waals surface area (Å²) >= 11 is 0. The third-order valence-electron chi connectivity index (χ3n) is 3.90. The lowest BCUT2D eigenvalue weighted by atomic mass is 9.97. The smallest absolute Gasteiger partial charge is 0.226 e. The van der Waals surface area contributed by atoms with Crippen molar-refractivity contribution in [2.45, 2.75) is 18.4 Å². The molecule has 8 heteroatoms. The molecule has 1 aromatic rings. The molecule has 1 fully saturated rings. The zero-order chi connectivity index (χ0) is 18.3. The Kier molecular flexibility index (Phi) is 6.72. The molecule has 0 spiro atoms. The molecular formula is C17H23FN2O5. The standard InChI is InChI=1S/C17H23FN2O5/c1-23-12-17(10-15(19)21)11-20(7-9-25-17)16(22)6-8-24-14-4-2-13(18)3-5-14/h2-5H,6-12H2,1H3,(H2,19,21)/t17-/m0/s1. The first-order valence-corrected chi connectivity index (χ1v) is 8.01. The van der Waals surface area contributed by atoms with Crippen molar-refractivity contribution in [2.24, 2.45) is 5.73 Å². The van der Waals surface area contributed by atoms with Crippen LogP contribution in [-0.2, 0) is 19.1 Å². The zero-order valence-electron chi connectivity index (χ0n) is 14.2. The van der Waals surface area contributed by atoms with Crippen LogP contribution in [0.1, 0.15) is 12.8 Å².